The van der Waals surface area contributed by atoms with E-state index in [2.05, 4.69) is 0 Å². The second-order valence-corrected chi connectivity index (χ2v) is 13.0. The lowest BCUT2D eigenvalue weighted by atomic mass is 9.96. The largest absolute Gasteiger partial charge is 0.504 e. The molecule has 11 N–H and O–H groups in total. The van der Waals surface area contributed by atoms with Crippen molar-refractivity contribution in [3.8, 4) is 23.0 Å². The Labute approximate surface area is 302 Å². The Morgan fingerprint density at radius 2 is 1.47 bits per heavy atom. The topological polar surface area (TPSA) is 304 Å². The van der Waals surface area contributed by atoms with E-state index in [4.69, 9.17) is 33.2 Å². The number of esters is 1. The summed E-state index contributed by atoms with van der Waals surface area (Å²) in [5.41, 5.74) is -1.17. The van der Waals surface area contributed by atoms with Crippen LogP contribution in [0.3, 0.4) is 0 Å². The number of phenols is 4. The average Bonchev–Trinajstić information content (AvgIpc) is 3.42. The van der Waals surface area contributed by atoms with E-state index in [0.29, 0.717) is 11.1 Å². The third-order valence-corrected chi connectivity index (χ3v) is 9.10. The normalized spacial score (nSPS) is 36.2. The van der Waals surface area contributed by atoms with Gasteiger partial charge in [-0.05, 0) is 54.8 Å². The van der Waals surface area contributed by atoms with Crippen molar-refractivity contribution in [2.75, 3.05) is 26.4 Å². The molecule has 0 amide bonds. The van der Waals surface area contributed by atoms with Crippen molar-refractivity contribution in [1.82, 2.24) is 0 Å². The van der Waals surface area contributed by atoms with E-state index in [-0.39, 0.29) is 30.3 Å². The molecule has 19 heteroatoms. The summed E-state index contributed by atoms with van der Waals surface area (Å²) in [6.45, 7) is -0.723. The van der Waals surface area contributed by atoms with Crippen LogP contribution in [0.4, 0.5) is 0 Å². The number of aromatic hydroxyl groups is 4. The third kappa shape index (κ3) is 9.35. The first-order chi connectivity index (χ1) is 25.1. The van der Waals surface area contributed by atoms with Gasteiger partial charge in [0.05, 0.1) is 25.9 Å². The molecule has 0 unspecified atom stereocenters. The van der Waals surface area contributed by atoms with Crippen LogP contribution in [0, 0.1) is 0 Å². The molecule has 3 saturated heterocycles. The molecule has 3 aliphatic rings. The number of carbonyl (C=O) groups is 1. The Kier molecular flexibility index (Phi) is 13.2. The second kappa shape index (κ2) is 17.2. The van der Waals surface area contributed by atoms with Gasteiger partial charge in [-0.1, -0.05) is 12.1 Å². The third-order valence-electron chi connectivity index (χ3n) is 9.10. The van der Waals surface area contributed by atoms with Crippen LogP contribution in [-0.2, 0) is 44.4 Å². The predicted molar refractivity (Wildman–Crippen MR) is 174 cm³/mol. The Bertz CT molecular complexity index is 1570. The first-order valence-corrected chi connectivity index (χ1v) is 16.6. The van der Waals surface area contributed by atoms with E-state index in [0.717, 1.165) is 6.08 Å². The summed E-state index contributed by atoms with van der Waals surface area (Å²) >= 11 is 0. The van der Waals surface area contributed by atoms with E-state index < -0.39 is 111 Å². The predicted octanol–water partition coefficient (Wildman–Crippen LogP) is -2.55. The van der Waals surface area contributed by atoms with E-state index in [9.17, 15) is 61.0 Å². The molecule has 3 heterocycles. The van der Waals surface area contributed by atoms with E-state index in [1.54, 1.807) is 0 Å². The maximum absolute atomic E-state index is 12.6. The summed E-state index contributed by atoms with van der Waals surface area (Å²) in [7, 11) is 0. The fraction of sp³-hybridized carbons (Fsp3) is 0.559. The summed E-state index contributed by atoms with van der Waals surface area (Å²) < 4.78 is 39.1. The zero-order valence-electron chi connectivity index (χ0n) is 28.3. The highest BCUT2D eigenvalue weighted by Crippen LogP contribution is 2.34. The number of aliphatic hydroxyl groups excluding tert-OH is 6. The Morgan fingerprint density at radius 3 is 2.13 bits per heavy atom. The van der Waals surface area contributed by atoms with E-state index in [1.807, 2.05) is 0 Å². The molecule has 0 aliphatic carbocycles. The van der Waals surface area contributed by atoms with Crippen LogP contribution in [0.1, 0.15) is 18.1 Å². The van der Waals surface area contributed by atoms with Gasteiger partial charge in [0.15, 0.2) is 41.9 Å². The van der Waals surface area contributed by atoms with Crippen LogP contribution in [-0.4, -0.2) is 168 Å². The van der Waals surface area contributed by atoms with Crippen LogP contribution < -0.4 is 0 Å². The van der Waals surface area contributed by atoms with Crippen LogP contribution in [0.25, 0.3) is 6.08 Å². The minimum atomic E-state index is -2.07. The molecule has 0 radical (unpaired) electrons. The molecule has 0 bridgehead atoms. The quantitative estimate of drug-likeness (QED) is 0.0569. The zero-order valence-corrected chi connectivity index (χ0v) is 28.3. The molecule has 13 atom stereocenters. The molecule has 0 spiro atoms. The van der Waals surface area contributed by atoms with Gasteiger partial charge in [0.25, 0.3) is 0 Å². The highest BCUT2D eigenvalue weighted by molar-refractivity contribution is 5.87. The van der Waals surface area contributed by atoms with Gasteiger partial charge in [-0.25, -0.2) is 4.79 Å². The lowest BCUT2D eigenvalue weighted by Gasteiger charge is -2.46. The lowest BCUT2D eigenvalue weighted by molar-refractivity contribution is -0.366. The zero-order chi connectivity index (χ0) is 38.6. The minimum Gasteiger partial charge on any atom is -0.504 e. The first-order valence-electron chi connectivity index (χ1n) is 16.6. The number of rotatable bonds is 13. The number of aliphatic hydroxyl groups is 7. The molecule has 2 aromatic carbocycles. The average molecular weight is 757 g/mol. The summed E-state index contributed by atoms with van der Waals surface area (Å²) in [5, 5.41) is 113. The highest BCUT2D eigenvalue weighted by atomic mass is 16.8. The number of carbonyl (C=O) groups excluding carboxylic acids is 1. The fourth-order valence-electron chi connectivity index (χ4n) is 5.87. The summed E-state index contributed by atoms with van der Waals surface area (Å²) in [6, 6.07) is 7.94. The van der Waals surface area contributed by atoms with Gasteiger partial charge in [-0.15, -0.1) is 0 Å². The van der Waals surface area contributed by atoms with Crippen LogP contribution >= 0.6 is 0 Å². The molecule has 0 aromatic heterocycles. The van der Waals surface area contributed by atoms with Crippen molar-refractivity contribution in [3.05, 3.63) is 53.6 Å². The number of hydrogen-bond acceptors (Lipinski definition) is 19. The molecular weight excluding hydrogens is 712 g/mol. The molecule has 53 heavy (non-hydrogen) atoms. The molecule has 3 fully saturated rings. The maximum atomic E-state index is 12.6. The lowest BCUT2D eigenvalue weighted by Crippen LogP contribution is -2.65. The number of phenolic OH excluding ortho intramolecular Hbond substituents is 4. The summed E-state index contributed by atoms with van der Waals surface area (Å²) in [4.78, 5) is 12.6. The molecule has 294 valence electrons. The van der Waals surface area contributed by atoms with Gasteiger partial charge in [-0.3, -0.25) is 0 Å². The monoisotopic (exact) mass is 756 g/mol. The second-order valence-electron chi connectivity index (χ2n) is 13.0. The highest BCUT2D eigenvalue weighted by Gasteiger charge is 2.54. The van der Waals surface area contributed by atoms with Crippen molar-refractivity contribution < 1.29 is 94.1 Å². The molecule has 0 saturated carbocycles. The molecule has 5 rings (SSSR count). The molecule has 2 aromatic rings. The van der Waals surface area contributed by atoms with Crippen molar-refractivity contribution >= 4 is 12.0 Å². The summed E-state index contributed by atoms with van der Waals surface area (Å²) in [5.74, 6) is -2.37. The number of ether oxygens (including phenoxy) is 7. The number of hydrogen-bond donors (Lipinski definition) is 11. The fourth-order valence-corrected chi connectivity index (χ4v) is 5.87. The van der Waals surface area contributed by atoms with Gasteiger partial charge in [0, 0.05) is 6.08 Å². The molecular formula is C34H44O19. The molecule has 19 nitrogen and oxygen atoms in total. The Balaban J connectivity index is 1.29. The van der Waals surface area contributed by atoms with Crippen LogP contribution in [0.5, 0.6) is 23.0 Å². The standard InChI is InChI=1S/C34H44O19/c1-15-24(41)28(53-33-30(45)34(46,13-35)14-49-33)27(44)32(50-15)52-29-25(42)22(12-48-23(40)7-4-16-2-5-18(36)20(38)10-16)51-31(26(29)43)47-9-8-17-3-6-19(37)21(39)11-17/h2-7,10-11,15,22,24-33,35-39,41-46H,8-9,12-14H2,1H3/b7-4+/t15-,22+,24-,25+,26+,27+,28+,29-,30-,31+,32-,33-,34+/m0/s1. The summed E-state index contributed by atoms with van der Waals surface area (Å²) in [6.07, 6.45) is -16.8. The van der Waals surface area contributed by atoms with Gasteiger partial charge >= 0.3 is 5.97 Å². The van der Waals surface area contributed by atoms with Crippen molar-refractivity contribution in [1.29, 1.82) is 0 Å². The van der Waals surface area contributed by atoms with Gasteiger partial charge < -0.3 is 89.3 Å². The van der Waals surface area contributed by atoms with Crippen LogP contribution in [0.2, 0.25) is 0 Å². The van der Waals surface area contributed by atoms with E-state index >= 15 is 0 Å². The van der Waals surface area contributed by atoms with E-state index in [1.165, 1.54) is 49.4 Å². The van der Waals surface area contributed by atoms with Gasteiger partial charge in [-0.2, -0.15) is 0 Å². The minimum absolute atomic E-state index is 0.130. The van der Waals surface area contributed by atoms with Crippen molar-refractivity contribution in [3.63, 3.8) is 0 Å². The SMILES string of the molecule is C[C@@H]1O[C@@H](O[C@@H]2[C@@H](O)[C@H](OCCc3ccc(O)c(O)c3)O[C@H](COC(=O)/C=C/c3ccc(O)c(O)c3)[C@H]2O)[C@H](O)[C@H](O[C@@H]2OC[C@](O)(CO)[C@H]2O)[C@H]1O. The van der Waals surface area contributed by atoms with Crippen molar-refractivity contribution in [2.45, 2.75) is 92.8 Å². The van der Waals surface area contributed by atoms with Crippen LogP contribution in [0.15, 0.2) is 42.5 Å². The Hall–Kier alpha value is -3.67. The maximum Gasteiger partial charge on any atom is 0.330 e. The molecule has 3 aliphatic heterocycles. The smallest absolute Gasteiger partial charge is 0.330 e. The van der Waals surface area contributed by atoms with Gasteiger partial charge in [0.2, 0.25) is 0 Å². The Morgan fingerprint density at radius 1 is 0.830 bits per heavy atom. The van der Waals surface area contributed by atoms with Crippen molar-refractivity contribution in [2.24, 2.45) is 0 Å². The first kappa shape index (κ1) is 40.5. The van der Waals surface area contributed by atoms with Gasteiger partial charge in [0.1, 0.15) is 61.0 Å². The number of benzene rings is 2.